The fourth-order valence-electron chi connectivity index (χ4n) is 2.06. The first-order valence-corrected chi connectivity index (χ1v) is 8.00. The summed E-state index contributed by atoms with van der Waals surface area (Å²) in [5.74, 6) is -2.01. The predicted octanol–water partition coefficient (Wildman–Crippen LogP) is 4.45. The van der Waals surface area contributed by atoms with E-state index in [1.54, 1.807) is 0 Å². The van der Waals surface area contributed by atoms with Gasteiger partial charge in [-0.25, -0.2) is 4.79 Å². The van der Waals surface area contributed by atoms with Crippen molar-refractivity contribution in [3.05, 3.63) is 68.7 Å². The highest BCUT2D eigenvalue weighted by Crippen LogP contribution is 2.30. The van der Waals surface area contributed by atoms with Crippen molar-refractivity contribution in [1.82, 2.24) is 0 Å². The molecule has 1 atom stereocenters. The van der Waals surface area contributed by atoms with Crippen molar-refractivity contribution in [1.29, 1.82) is 0 Å². The second kappa shape index (κ2) is 8.26. The van der Waals surface area contributed by atoms with Gasteiger partial charge in [-0.2, -0.15) is 13.2 Å². The van der Waals surface area contributed by atoms with Crippen molar-refractivity contribution in [2.75, 3.05) is 5.32 Å². The van der Waals surface area contributed by atoms with Crippen LogP contribution in [0.3, 0.4) is 0 Å². The van der Waals surface area contributed by atoms with Crippen LogP contribution in [0, 0.1) is 10.1 Å². The number of nitrogens with one attached hydrogen (secondary N) is 1. The Kier molecular flexibility index (Phi) is 6.24. The van der Waals surface area contributed by atoms with Crippen LogP contribution in [-0.4, -0.2) is 22.9 Å². The number of carbonyl (C=O) groups excluding carboxylic acids is 2. The number of hydrogen-bond acceptors (Lipinski definition) is 5. The maximum atomic E-state index is 12.7. The maximum Gasteiger partial charge on any atom is 0.416 e. The molecule has 2 rings (SSSR count). The molecule has 0 aliphatic heterocycles. The minimum Gasteiger partial charge on any atom is -0.449 e. The number of nitro benzene ring substituents is 1. The molecule has 28 heavy (non-hydrogen) atoms. The zero-order valence-corrected chi connectivity index (χ0v) is 14.9. The fourth-order valence-corrected chi connectivity index (χ4v) is 2.23. The van der Waals surface area contributed by atoms with Crippen LogP contribution in [0.15, 0.2) is 42.5 Å². The summed E-state index contributed by atoms with van der Waals surface area (Å²) < 4.78 is 43.0. The lowest BCUT2D eigenvalue weighted by molar-refractivity contribution is -0.384. The van der Waals surface area contributed by atoms with E-state index in [1.165, 1.54) is 13.0 Å². The number of benzene rings is 2. The largest absolute Gasteiger partial charge is 0.449 e. The molecule has 0 aliphatic carbocycles. The Bertz CT molecular complexity index is 933. The number of amides is 1. The third-order valence-electron chi connectivity index (χ3n) is 3.50. The van der Waals surface area contributed by atoms with Crippen molar-refractivity contribution >= 4 is 34.9 Å². The van der Waals surface area contributed by atoms with Gasteiger partial charge in [0.1, 0.15) is 0 Å². The van der Waals surface area contributed by atoms with Crippen molar-refractivity contribution in [3.8, 4) is 0 Å². The number of non-ortho nitro benzene ring substituents is 1. The summed E-state index contributed by atoms with van der Waals surface area (Å²) >= 11 is 5.86. The molecule has 0 aromatic heterocycles. The summed E-state index contributed by atoms with van der Waals surface area (Å²) in [6.07, 6.45) is -6.05. The monoisotopic (exact) mass is 416 g/mol. The molecule has 11 heteroatoms. The SMILES string of the molecule is CC(OC(=O)c1cccc(C(F)(F)F)c1)C(=O)Nc1cc([N+](=O)[O-])ccc1Cl. The normalized spacial score (nSPS) is 12.2. The first-order chi connectivity index (χ1) is 13.0. The van der Waals surface area contributed by atoms with Crippen LogP contribution in [0.25, 0.3) is 0 Å². The Labute approximate surface area is 161 Å². The molecule has 7 nitrogen and oxygen atoms in total. The number of hydrogen-bond donors (Lipinski definition) is 1. The highest BCUT2D eigenvalue weighted by atomic mass is 35.5. The molecule has 0 spiro atoms. The second-order valence-electron chi connectivity index (χ2n) is 5.54. The van der Waals surface area contributed by atoms with Gasteiger partial charge in [0.2, 0.25) is 0 Å². The molecule has 0 heterocycles. The number of nitro groups is 1. The van der Waals surface area contributed by atoms with E-state index in [-0.39, 0.29) is 22.0 Å². The van der Waals surface area contributed by atoms with Crippen molar-refractivity contribution in [3.63, 3.8) is 0 Å². The summed E-state index contributed by atoms with van der Waals surface area (Å²) in [5, 5.41) is 13.1. The molecule has 148 valence electrons. The quantitative estimate of drug-likeness (QED) is 0.441. The zero-order valence-electron chi connectivity index (χ0n) is 14.1. The lowest BCUT2D eigenvalue weighted by Crippen LogP contribution is -2.30. The summed E-state index contributed by atoms with van der Waals surface area (Å²) in [7, 11) is 0. The zero-order chi connectivity index (χ0) is 21.1. The van der Waals surface area contributed by atoms with Gasteiger partial charge in [-0.1, -0.05) is 17.7 Å². The summed E-state index contributed by atoms with van der Waals surface area (Å²) in [5.41, 5.74) is -1.83. The van der Waals surface area contributed by atoms with Gasteiger partial charge < -0.3 is 10.1 Å². The predicted molar refractivity (Wildman–Crippen MR) is 93.1 cm³/mol. The number of rotatable bonds is 5. The van der Waals surface area contributed by atoms with E-state index >= 15 is 0 Å². The number of esters is 1. The third-order valence-corrected chi connectivity index (χ3v) is 3.83. The first kappa shape index (κ1) is 21.2. The molecule has 0 fully saturated rings. The van der Waals surface area contributed by atoms with E-state index in [1.807, 2.05) is 0 Å². The lowest BCUT2D eigenvalue weighted by Gasteiger charge is -2.15. The third kappa shape index (κ3) is 5.19. The number of halogens is 4. The average Bonchev–Trinajstić information content (AvgIpc) is 2.62. The summed E-state index contributed by atoms with van der Waals surface area (Å²) in [6, 6.07) is 6.89. The van der Waals surface area contributed by atoms with Crippen LogP contribution in [0.1, 0.15) is 22.8 Å². The molecule has 0 radical (unpaired) electrons. The molecular weight excluding hydrogens is 405 g/mol. The Morgan fingerprint density at radius 2 is 1.89 bits per heavy atom. The Balaban J connectivity index is 2.10. The van der Waals surface area contributed by atoms with Crippen LogP contribution in [0.4, 0.5) is 24.5 Å². The Hall–Kier alpha value is -3.14. The summed E-state index contributed by atoms with van der Waals surface area (Å²) in [4.78, 5) is 34.3. The van der Waals surface area contributed by atoms with E-state index in [0.717, 1.165) is 30.3 Å². The number of alkyl halides is 3. The number of nitrogens with zero attached hydrogens (tertiary/aromatic N) is 1. The highest BCUT2D eigenvalue weighted by Gasteiger charge is 2.31. The van der Waals surface area contributed by atoms with Crippen LogP contribution in [0.5, 0.6) is 0 Å². The van der Waals surface area contributed by atoms with Gasteiger partial charge in [0.15, 0.2) is 6.10 Å². The maximum absolute atomic E-state index is 12.7. The van der Waals surface area contributed by atoms with Gasteiger partial charge in [-0.3, -0.25) is 14.9 Å². The minimum absolute atomic E-state index is 0.00959. The van der Waals surface area contributed by atoms with Crippen LogP contribution < -0.4 is 5.32 Å². The molecule has 1 unspecified atom stereocenters. The van der Waals surface area contributed by atoms with E-state index < -0.39 is 34.6 Å². The van der Waals surface area contributed by atoms with Gasteiger partial charge in [0.05, 0.1) is 26.8 Å². The summed E-state index contributed by atoms with van der Waals surface area (Å²) in [6.45, 7) is 1.19. The van der Waals surface area contributed by atoms with E-state index in [9.17, 15) is 32.9 Å². The fraction of sp³-hybridized carbons (Fsp3) is 0.176. The van der Waals surface area contributed by atoms with Gasteiger partial charge in [0, 0.05) is 12.1 Å². The molecule has 0 saturated heterocycles. The molecule has 1 N–H and O–H groups in total. The van der Waals surface area contributed by atoms with Crippen LogP contribution in [-0.2, 0) is 15.7 Å². The smallest absolute Gasteiger partial charge is 0.416 e. The second-order valence-corrected chi connectivity index (χ2v) is 5.94. The van der Waals surface area contributed by atoms with Crippen molar-refractivity contribution in [2.24, 2.45) is 0 Å². The number of carbonyl (C=O) groups is 2. The molecule has 1 amide bonds. The lowest BCUT2D eigenvalue weighted by atomic mass is 10.1. The number of ether oxygens (including phenoxy) is 1. The average molecular weight is 417 g/mol. The molecule has 0 bridgehead atoms. The van der Waals surface area contributed by atoms with E-state index in [2.05, 4.69) is 5.32 Å². The minimum atomic E-state index is -4.64. The van der Waals surface area contributed by atoms with E-state index in [0.29, 0.717) is 6.07 Å². The van der Waals surface area contributed by atoms with Gasteiger partial charge in [-0.15, -0.1) is 0 Å². The molecule has 0 aliphatic rings. The van der Waals surface area contributed by atoms with Crippen LogP contribution in [0.2, 0.25) is 5.02 Å². The van der Waals surface area contributed by atoms with Crippen LogP contribution >= 0.6 is 11.6 Å². The highest BCUT2D eigenvalue weighted by molar-refractivity contribution is 6.33. The molecular formula is C17H12ClF3N2O5. The number of anilines is 1. The van der Waals surface area contributed by atoms with Crippen molar-refractivity contribution < 1.29 is 32.4 Å². The molecule has 2 aromatic rings. The van der Waals surface area contributed by atoms with Gasteiger partial charge in [-0.05, 0) is 31.2 Å². The topological polar surface area (TPSA) is 98.5 Å². The standard InChI is InChI=1S/C17H12ClF3N2O5/c1-9(15(24)22-14-8-12(23(26)27)5-6-13(14)18)28-16(25)10-3-2-4-11(7-10)17(19,20)21/h2-9H,1H3,(H,22,24). The first-order valence-electron chi connectivity index (χ1n) is 7.62. The Morgan fingerprint density at radius 3 is 2.50 bits per heavy atom. The van der Waals surface area contributed by atoms with Gasteiger partial charge >= 0.3 is 12.1 Å². The van der Waals surface area contributed by atoms with E-state index in [4.69, 9.17) is 16.3 Å². The Morgan fingerprint density at radius 1 is 1.21 bits per heavy atom. The van der Waals surface area contributed by atoms with Crippen molar-refractivity contribution in [2.45, 2.75) is 19.2 Å². The molecule has 0 saturated carbocycles. The molecule has 2 aromatic carbocycles. The van der Waals surface area contributed by atoms with Gasteiger partial charge in [0.25, 0.3) is 11.6 Å².